The molecule has 1 aliphatic rings. The van der Waals surface area contributed by atoms with Crippen molar-refractivity contribution >= 4 is 24.2 Å². The average Bonchev–Trinajstić information content (AvgIpc) is 3.12. The molecule has 2 aromatic heterocycles. The van der Waals surface area contributed by atoms with E-state index in [-0.39, 0.29) is 11.8 Å². The standard InChI is InChI=1S/C16H20N4O2S/c1-11-5-6-13(22-11)7-8-14(21)20-9-3-4-12(10-20)15-17-18-16(23)19(15)2/h5-8,12H,3-4,9-10H2,1-2H3,(H,18,23)/b8-7-/t12-/m0/s1. The Kier molecular flexibility index (Phi) is 4.47. The number of aromatic nitrogens is 3. The Morgan fingerprint density at radius 2 is 2.35 bits per heavy atom. The van der Waals surface area contributed by atoms with E-state index in [0.29, 0.717) is 17.1 Å². The zero-order valence-corrected chi connectivity index (χ0v) is 14.1. The van der Waals surface area contributed by atoms with Crippen LogP contribution in [0.4, 0.5) is 0 Å². The molecule has 122 valence electrons. The quantitative estimate of drug-likeness (QED) is 0.693. The van der Waals surface area contributed by atoms with Crippen LogP contribution in [-0.4, -0.2) is 38.7 Å². The molecule has 3 heterocycles. The van der Waals surface area contributed by atoms with Crippen LogP contribution >= 0.6 is 12.2 Å². The van der Waals surface area contributed by atoms with E-state index in [2.05, 4.69) is 10.2 Å². The largest absolute Gasteiger partial charge is 0.462 e. The molecule has 1 saturated heterocycles. The molecule has 0 unspecified atom stereocenters. The molecule has 1 amide bonds. The number of carbonyl (C=O) groups excluding carboxylic acids is 1. The summed E-state index contributed by atoms with van der Waals surface area (Å²) >= 11 is 5.16. The lowest BCUT2D eigenvalue weighted by Crippen LogP contribution is -2.38. The first-order chi connectivity index (χ1) is 11.0. The van der Waals surface area contributed by atoms with E-state index in [1.54, 1.807) is 12.2 Å². The fourth-order valence-corrected chi connectivity index (χ4v) is 3.05. The summed E-state index contributed by atoms with van der Waals surface area (Å²) in [5.41, 5.74) is 0. The van der Waals surface area contributed by atoms with Crippen molar-refractivity contribution < 1.29 is 9.21 Å². The smallest absolute Gasteiger partial charge is 0.246 e. The van der Waals surface area contributed by atoms with Crippen LogP contribution < -0.4 is 0 Å². The Hall–Kier alpha value is -2.15. The van der Waals surface area contributed by atoms with Crippen LogP contribution in [0.3, 0.4) is 0 Å². The molecule has 6 nitrogen and oxygen atoms in total. The lowest BCUT2D eigenvalue weighted by Gasteiger charge is -2.31. The van der Waals surface area contributed by atoms with Crippen molar-refractivity contribution in [1.82, 2.24) is 19.7 Å². The number of hydrogen-bond acceptors (Lipinski definition) is 4. The van der Waals surface area contributed by atoms with Crippen LogP contribution in [0.25, 0.3) is 6.08 Å². The lowest BCUT2D eigenvalue weighted by atomic mass is 9.97. The number of furan rings is 1. The van der Waals surface area contributed by atoms with Crippen molar-refractivity contribution in [1.29, 1.82) is 0 Å². The molecule has 0 radical (unpaired) electrons. The van der Waals surface area contributed by atoms with Crippen LogP contribution in [0.2, 0.25) is 0 Å². The second-order valence-corrected chi connectivity index (χ2v) is 6.24. The van der Waals surface area contributed by atoms with Crippen molar-refractivity contribution in [3.63, 3.8) is 0 Å². The number of rotatable bonds is 3. The number of amides is 1. The Morgan fingerprint density at radius 3 is 3.00 bits per heavy atom. The molecule has 0 saturated carbocycles. The molecular formula is C16H20N4O2S. The van der Waals surface area contributed by atoms with Gasteiger partial charge in [0.2, 0.25) is 5.91 Å². The zero-order valence-electron chi connectivity index (χ0n) is 13.3. The van der Waals surface area contributed by atoms with Gasteiger partial charge in [-0.1, -0.05) is 0 Å². The molecule has 1 atom stereocenters. The van der Waals surface area contributed by atoms with E-state index < -0.39 is 0 Å². The number of hydrogen-bond donors (Lipinski definition) is 1. The summed E-state index contributed by atoms with van der Waals surface area (Å²) < 4.78 is 7.94. The van der Waals surface area contributed by atoms with Gasteiger partial charge in [0, 0.05) is 32.1 Å². The van der Waals surface area contributed by atoms with E-state index >= 15 is 0 Å². The number of nitrogens with zero attached hydrogens (tertiary/aromatic N) is 3. The highest BCUT2D eigenvalue weighted by atomic mass is 32.1. The summed E-state index contributed by atoms with van der Waals surface area (Å²) in [4.78, 5) is 14.2. The predicted molar refractivity (Wildman–Crippen MR) is 89.4 cm³/mol. The van der Waals surface area contributed by atoms with E-state index in [0.717, 1.165) is 31.0 Å². The highest BCUT2D eigenvalue weighted by molar-refractivity contribution is 7.71. The molecule has 1 N–H and O–H groups in total. The molecule has 0 bridgehead atoms. The van der Waals surface area contributed by atoms with Crippen LogP contribution in [-0.2, 0) is 11.8 Å². The van der Waals surface area contributed by atoms with Gasteiger partial charge in [0.1, 0.15) is 17.3 Å². The first kappa shape index (κ1) is 15.7. The summed E-state index contributed by atoms with van der Waals surface area (Å²) in [6.45, 7) is 3.31. The third-order valence-electron chi connectivity index (χ3n) is 4.16. The Labute approximate surface area is 139 Å². The number of likely N-dealkylation sites (tertiary alicyclic amines) is 1. The second-order valence-electron chi connectivity index (χ2n) is 5.85. The van der Waals surface area contributed by atoms with Crippen molar-refractivity contribution in [2.24, 2.45) is 7.05 Å². The van der Waals surface area contributed by atoms with Gasteiger partial charge in [-0.15, -0.1) is 0 Å². The molecule has 0 aliphatic carbocycles. The minimum atomic E-state index is 0.000499. The zero-order chi connectivity index (χ0) is 16.4. The van der Waals surface area contributed by atoms with E-state index in [1.807, 2.05) is 35.6 Å². The molecule has 0 aromatic carbocycles. The number of carbonyl (C=O) groups is 1. The van der Waals surface area contributed by atoms with Crippen molar-refractivity contribution in [3.8, 4) is 0 Å². The van der Waals surface area contributed by atoms with Crippen LogP contribution in [0.1, 0.15) is 36.1 Å². The molecule has 0 spiro atoms. The SMILES string of the molecule is Cc1ccc(/C=C\C(=O)N2CCC[C@H](c3n[nH]c(=S)n3C)C2)o1. The fourth-order valence-electron chi connectivity index (χ4n) is 2.91. The maximum absolute atomic E-state index is 12.4. The predicted octanol–water partition coefficient (Wildman–Crippen LogP) is 2.80. The lowest BCUT2D eigenvalue weighted by molar-refractivity contribution is -0.127. The monoisotopic (exact) mass is 332 g/mol. The van der Waals surface area contributed by atoms with Gasteiger partial charge in [-0.3, -0.25) is 9.89 Å². The maximum atomic E-state index is 12.4. The fraction of sp³-hybridized carbons (Fsp3) is 0.438. The van der Waals surface area contributed by atoms with Crippen molar-refractivity contribution in [3.05, 3.63) is 40.3 Å². The van der Waals surface area contributed by atoms with Gasteiger partial charge in [0.05, 0.1) is 0 Å². The Bertz CT molecular complexity index is 786. The maximum Gasteiger partial charge on any atom is 0.246 e. The van der Waals surface area contributed by atoms with Crippen molar-refractivity contribution in [2.45, 2.75) is 25.7 Å². The minimum absolute atomic E-state index is 0.000499. The average molecular weight is 332 g/mol. The van der Waals surface area contributed by atoms with Crippen LogP contribution in [0.5, 0.6) is 0 Å². The van der Waals surface area contributed by atoms with Gasteiger partial charge in [-0.05, 0) is 50.2 Å². The first-order valence-corrected chi connectivity index (χ1v) is 8.10. The van der Waals surface area contributed by atoms with Crippen LogP contribution in [0.15, 0.2) is 22.6 Å². The van der Waals surface area contributed by atoms with Crippen molar-refractivity contribution in [2.75, 3.05) is 13.1 Å². The number of aromatic amines is 1. The van der Waals surface area contributed by atoms with E-state index in [9.17, 15) is 4.79 Å². The first-order valence-electron chi connectivity index (χ1n) is 7.69. The summed E-state index contributed by atoms with van der Waals surface area (Å²) in [5, 5.41) is 7.12. The molecule has 1 aliphatic heterocycles. The summed E-state index contributed by atoms with van der Waals surface area (Å²) in [7, 11) is 1.90. The number of piperidine rings is 1. The molecule has 2 aromatic rings. The molecule has 23 heavy (non-hydrogen) atoms. The topological polar surface area (TPSA) is 67.1 Å². The molecule has 7 heteroatoms. The molecule has 1 fully saturated rings. The number of aryl methyl sites for hydroxylation is 1. The highest BCUT2D eigenvalue weighted by Gasteiger charge is 2.26. The van der Waals surface area contributed by atoms with Gasteiger partial charge >= 0.3 is 0 Å². The summed E-state index contributed by atoms with van der Waals surface area (Å²) in [5.74, 6) is 2.66. The van der Waals surface area contributed by atoms with Gasteiger partial charge in [-0.25, -0.2) is 0 Å². The normalized spacial score (nSPS) is 18.7. The minimum Gasteiger partial charge on any atom is -0.462 e. The van der Waals surface area contributed by atoms with Gasteiger partial charge < -0.3 is 13.9 Å². The molecule has 3 rings (SSSR count). The third-order valence-corrected chi connectivity index (χ3v) is 4.53. The van der Waals surface area contributed by atoms with E-state index in [1.165, 1.54) is 0 Å². The van der Waals surface area contributed by atoms with E-state index in [4.69, 9.17) is 16.6 Å². The van der Waals surface area contributed by atoms with Gasteiger partial charge in [0.25, 0.3) is 0 Å². The Balaban J connectivity index is 1.68. The third kappa shape index (κ3) is 3.44. The summed E-state index contributed by atoms with van der Waals surface area (Å²) in [6, 6.07) is 3.73. The highest BCUT2D eigenvalue weighted by Crippen LogP contribution is 2.25. The second kappa shape index (κ2) is 6.54. The molecular weight excluding hydrogens is 312 g/mol. The number of H-pyrrole nitrogens is 1. The van der Waals surface area contributed by atoms with Crippen LogP contribution in [0, 0.1) is 11.7 Å². The number of nitrogens with one attached hydrogen (secondary N) is 1. The Morgan fingerprint density at radius 1 is 1.52 bits per heavy atom. The summed E-state index contributed by atoms with van der Waals surface area (Å²) in [6.07, 6.45) is 5.26. The van der Waals surface area contributed by atoms with Gasteiger partial charge in [0.15, 0.2) is 4.77 Å². The van der Waals surface area contributed by atoms with Gasteiger partial charge in [-0.2, -0.15) is 5.10 Å².